The maximum absolute atomic E-state index is 13.3. The average Bonchev–Trinajstić information content (AvgIpc) is 3.21. The highest BCUT2D eigenvalue weighted by molar-refractivity contribution is 5.91. The molecule has 3 fully saturated rings. The molecule has 152 valence electrons. The molecule has 2 aliphatic heterocycles. The number of amides is 3. The number of nitrogens with one attached hydrogen (secondary N) is 3. The smallest absolute Gasteiger partial charge is 0.248 e. The van der Waals surface area contributed by atoms with Crippen LogP contribution in [0.25, 0.3) is 0 Å². The maximum Gasteiger partial charge on any atom is 0.248 e. The summed E-state index contributed by atoms with van der Waals surface area (Å²) in [5.41, 5.74) is -0.719. The van der Waals surface area contributed by atoms with Crippen LogP contribution in [0.3, 0.4) is 0 Å². The van der Waals surface area contributed by atoms with Gasteiger partial charge in [-0.1, -0.05) is 19.3 Å². The molecule has 3 rings (SSSR count). The summed E-state index contributed by atoms with van der Waals surface area (Å²) in [5, 5.41) is 9.27. The number of carbonyl (C=O) groups excluding carboxylic acids is 3. The Morgan fingerprint density at radius 3 is 2.52 bits per heavy atom. The number of nitrogens with zero attached hydrogens (tertiary/aromatic N) is 1. The van der Waals surface area contributed by atoms with Gasteiger partial charge in [-0.25, -0.2) is 0 Å². The number of hydrogen-bond acceptors (Lipinski definition) is 4. The predicted molar refractivity (Wildman–Crippen MR) is 103 cm³/mol. The molecule has 3 amide bonds. The van der Waals surface area contributed by atoms with E-state index in [-0.39, 0.29) is 29.7 Å². The second-order valence-electron chi connectivity index (χ2n) is 8.48. The first-order valence-corrected chi connectivity index (χ1v) is 10.6. The van der Waals surface area contributed by atoms with Gasteiger partial charge in [-0.2, -0.15) is 0 Å². The number of rotatable bonds is 5. The van der Waals surface area contributed by atoms with Crippen LogP contribution in [-0.2, 0) is 14.4 Å². The summed E-state index contributed by atoms with van der Waals surface area (Å²) >= 11 is 0. The fourth-order valence-corrected chi connectivity index (χ4v) is 4.88. The van der Waals surface area contributed by atoms with E-state index in [1.807, 2.05) is 4.90 Å². The van der Waals surface area contributed by atoms with Crippen molar-refractivity contribution in [1.29, 1.82) is 0 Å². The van der Waals surface area contributed by atoms with E-state index in [2.05, 4.69) is 16.0 Å². The highest BCUT2D eigenvalue weighted by Gasteiger charge is 2.43. The van der Waals surface area contributed by atoms with E-state index < -0.39 is 5.54 Å². The fourth-order valence-electron chi connectivity index (χ4n) is 4.88. The van der Waals surface area contributed by atoms with Crippen LogP contribution in [0.4, 0.5) is 0 Å². The molecule has 3 aliphatic rings. The first kappa shape index (κ1) is 20.1. The molecular weight excluding hydrogens is 344 g/mol. The van der Waals surface area contributed by atoms with E-state index in [0.29, 0.717) is 13.1 Å². The SMILES string of the molecule is CC(=O)NC1(C(=O)N2CCCC(CNC(=O)C3CCCN3)C2)CCCCC1. The minimum absolute atomic E-state index is 0.0587. The van der Waals surface area contributed by atoms with Gasteiger partial charge in [0, 0.05) is 26.6 Å². The topological polar surface area (TPSA) is 90.5 Å². The monoisotopic (exact) mass is 378 g/mol. The minimum Gasteiger partial charge on any atom is -0.354 e. The van der Waals surface area contributed by atoms with Gasteiger partial charge in [-0.3, -0.25) is 14.4 Å². The molecule has 27 heavy (non-hydrogen) atoms. The molecular formula is C20H34N4O3. The van der Waals surface area contributed by atoms with E-state index in [1.54, 1.807) is 0 Å². The Morgan fingerprint density at radius 1 is 1.07 bits per heavy atom. The number of carbonyl (C=O) groups is 3. The summed E-state index contributed by atoms with van der Waals surface area (Å²) < 4.78 is 0. The summed E-state index contributed by atoms with van der Waals surface area (Å²) in [7, 11) is 0. The van der Waals surface area contributed by atoms with Crippen LogP contribution < -0.4 is 16.0 Å². The molecule has 2 heterocycles. The van der Waals surface area contributed by atoms with Gasteiger partial charge in [-0.05, 0) is 51.0 Å². The van der Waals surface area contributed by atoms with Gasteiger partial charge in [0.05, 0.1) is 6.04 Å². The van der Waals surface area contributed by atoms with Crippen molar-refractivity contribution in [2.24, 2.45) is 5.92 Å². The maximum atomic E-state index is 13.3. The molecule has 2 unspecified atom stereocenters. The first-order chi connectivity index (χ1) is 13.0. The van der Waals surface area contributed by atoms with E-state index in [4.69, 9.17) is 0 Å². The lowest BCUT2D eigenvalue weighted by atomic mass is 9.79. The van der Waals surface area contributed by atoms with Gasteiger partial charge < -0.3 is 20.9 Å². The van der Waals surface area contributed by atoms with Crippen molar-refractivity contribution in [2.45, 2.75) is 76.3 Å². The van der Waals surface area contributed by atoms with E-state index in [1.165, 1.54) is 6.92 Å². The summed E-state index contributed by atoms with van der Waals surface area (Å²) in [6, 6.07) is -0.0587. The third-order valence-electron chi connectivity index (χ3n) is 6.28. The Kier molecular flexibility index (Phi) is 6.73. The van der Waals surface area contributed by atoms with Gasteiger partial charge in [0.15, 0.2) is 0 Å². The van der Waals surface area contributed by atoms with Gasteiger partial charge in [0.1, 0.15) is 5.54 Å². The molecule has 0 spiro atoms. The van der Waals surface area contributed by atoms with Crippen molar-refractivity contribution in [3.63, 3.8) is 0 Å². The molecule has 0 bridgehead atoms. The highest BCUT2D eigenvalue weighted by Crippen LogP contribution is 2.31. The largest absolute Gasteiger partial charge is 0.354 e. The predicted octanol–water partition coefficient (Wildman–Crippen LogP) is 0.932. The van der Waals surface area contributed by atoms with Gasteiger partial charge in [0.2, 0.25) is 17.7 Å². The minimum atomic E-state index is -0.719. The molecule has 0 aromatic carbocycles. The third-order valence-corrected chi connectivity index (χ3v) is 6.28. The van der Waals surface area contributed by atoms with Gasteiger partial charge >= 0.3 is 0 Å². The zero-order chi connectivity index (χ0) is 19.3. The fraction of sp³-hybridized carbons (Fsp3) is 0.850. The quantitative estimate of drug-likeness (QED) is 0.664. The van der Waals surface area contributed by atoms with Crippen molar-refractivity contribution in [2.75, 3.05) is 26.2 Å². The summed E-state index contributed by atoms with van der Waals surface area (Å²) in [5.74, 6) is 0.310. The normalized spacial score (nSPS) is 27.8. The Hall–Kier alpha value is -1.63. The van der Waals surface area contributed by atoms with Gasteiger partial charge in [0.25, 0.3) is 0 Å². The van der Waals surface area contributed by atoms with Crippen molar-refractivity contribution in [3.8, 4) is 0 Å². The van der Waals surface area contributed by atoms with Crippen LogP contribution in [0, 0.1) is 5.92 Å². The van der Waals surface area contributed by atoms with Crippen LogP contribution in [0.1, 0.15) is 64.7 Å². The lowest BCUT2D eigenvalue weighted by molar-refractivity contribution is -0.144. The van der Waals surface area contributed by atoms with E-state index in [9.17, 15) is 14.4 Å². The van der Waals surface area contributed by atoms with Crippen LogP contribution in [0.5, 0.6) is 0 Å². The standard InChI is InChI=1S/C20H34N4O3/c1-15(25)23-20(9-3-2-4-10-20)19(27)24-12-6-7-16(14-24)13-22-18(26)17-8-5-11-21-17/h16-17,21H,2-14H2,1H3,(H,22,26)(H,23,25). The third kappa shape index (κ3) is 5.00. The van der Waals surface area contributed by atoms with Crippen LogP contribution >= 0.6 is 0 Å². The molecule has 7 nitrogen and oxygen atoms in total. The van der Waals surface area contributed by atoms with Crippen LogP contribution in [0.2, 0.25) is 0 Å². The Bertz CT molecular complexity index is 553. The van der Waals surface area contributed by atoms with Crippen LogP contribution in [0.15, 0.2) is 0 Å². The Balaban J connectivity index is 1.56. The van der Waals surface area contributed by atoms with Crippen molar-refractivity contribution < 1.29 is 14.4 Å². The molecule has 2 saturated heterocycles. The van der Waals surface area contributed by atoms with E-state index in [0.717, 1.165) is 70.9 Å². The lowest BCUT2D eigenvalue weighted by Crippen LogP contribution is -2.61. The Labute approximate surface area is 162 Å². The number of hydrogen-bond donors (Lipinski definition) is 3. The number of likely N-dealkylation sites (tertiary alicyclic amines) is 1. The molecule has 1 saturated carbocycles. The number of piperidine rings is 1. The highest BCUT2D eigenvalue weighted by atomic mass is 16.2. The summed E-state index contributed by atoms with van der Waals surface area (Å²) in [6.07, 6.45) is 8.47. The second kappa shape index (κ2) is 9.04. The average molecular weight is 379 g/mol. The molecule has 2 atom stereocenters. The van der Waals surface area contributed by atoms with Gasteiger partial charge in [-0.15, -0.1) is 0 Å². The molecule has 7 heteroatoms. The zero-order valence-corrected chi connectivity index (χ0v) is 16.5. The van der Waals surface area contributed by atoms with Crippen molar-refractivity contribution >= 4 is 17.7 Å². The van der Waals surface area contributed by atoms with Crippen molar-refractivity contribution in [1.82, 2.24) is 20.9 Å². The molecule has 3 N–H and O–H groups in total. The van der Waals surface area contributed by atoms with E-state index >= 15 is 0 Å². The van der Waals surface area contributed by atoms with Crippen LogP contribution in [-0.4, -0.2) is 60.4 Å². The first-order valence-electron chi connectivity index (χ1n) is 10.6. The van der Waals surface area contributed by atoms with Crippen molar-refractivity contribution in [3.05, 3.63) is 0 Å². The lowest BCUT2D eigenvalue weighted by Gasteiger charge is -2.42. The summed E-state index contributed by atoms with van der Waals surface area (Å²) in [4.78, 5) is 39.2. The second-order valence-corrected chi connectivity index (χ2v) is 8.48. The summed E-state index contributed by atoms with van der Waals surface area (Å²) in [6.45, 7) is 4.44. The molecule has 0 aromatic rings. The Morgan fingerprint density at radius 2 is 1.85 bits per heavy atom. The molecule has 0 radical (unpaired) electrons. The zero-order valence-electron chi connectivity index (χ0n) is 16.5. The molecule has 0 aromatic heterocycles. The molecule has 1 aliphatic carbocycles.